The monoisotopic (exact) mass is 238 g/mol. The molecule has 1 saturated heterocycles. The molecule has 1 heterocycles. The molecule has 0 amide bonds. The van der Waals surface area contributed by atoms with Gasteiger partial charge in [-0.05, 0) is 39.2 Å². The number of nitrogens with zero attached hydrogens (tertiary/aromatic N) is 1. The highest BCUT2D eigenvalue weighted by Crippen LogP contribution is 2.23. The second kappa shape index (κ2) is 6.01. The van der Waals surface area contributed by atoms with E-state index < -0.39 is 0 Å². The fourth-order valence-electron chi connectivity index (χ4n) is 2.26. The van der Waals surface area contributed by atoms with Gasteiger partial charge in [0, 0.05) is 25.2 Å². The van der Waals surface area contributed by atoms with Gasteiger partial charge in [-0.15, -0.1) is 0 Å². The van der Waals surface area contributed by atoms with Crippen molar-refractivity contribution in [3.8, 4) is 0 Å². The summed E-state index contributed by atoms with van der Waals surface area (Å²) in [4.78, 5) is 2.61. The lowest BCUT2D eigenvalue weighted by Gasteiger charge is -2.35. The van der Waals surface area contributed by atoms with Crippen LogP contribution in [0, 0.1) is 5.41 Å². The minimum Gasteiger partial charge on any atom is -0.312 e. The maximum atomic E-state index is 3.71. The van der Waals surface area contributed by atoms with E-state index >= 15 is 0 Å². The van der Waals surface area contributed by atoms with Crippen molar-refractivity contribution in [2.75, 3.05) is 19.6 Å². The van der Waals surface area contributed by atoms with Gasteiger partial charge in [-0.1, -0.05) is 32.4 Å². The van der Waals surface area contributed by atoms with Crippen molar-refractivity contribution in [2.24, 2.45) is 5.41 Å². The Morgan fingerprint density at radius 3 is 2.53 bits per heavy atom. The summed E-state index contributed by atoms with van der Waals surface area (Å²) in [6.07, 6.45) is 3.60. The lowest BCUT2D eigenvalue weighted by molar-refractivity contribution is 0.178. The van der Waals surface area contributed by atoms with Crippen molar-refractivity contribution in [3.63, 3.8) is 0 Å². The molecule has 0 bridgehead atoms. The minimum absolute atomic E-state index is 0.341. The Hall–Kier alpha value is -0.340. The molecule has 100 valence electrons. The molecule has 1 N–H and O–H groups in total. The fraction of sp³-hybridized carbons (Fsp3) is 0.867. The fourth-order valence-corrected chi connectivity index (χ4v) is 2.26. The van der Waals surface area contributed by atoms with E-state index in [1.165, 1.54) is 12.0 Å². The zero-order valence-corrected chi connectivity index (χ0v) is 12.5. The largest absolute Gasteiger partial charge is 0.312 e. The highest BCUT2D eigenvalue weighted by molar-refractivity contribution is 4.97. The topological polar surface area (TPSA) is 15.3 Å². The highest BCUT2D eigenvalue weighted by atomic mass is 15.2. The Balaban J connectivity index is 2.68. The molecule has 17 heavy (non-hydrogen) atoms. The minimum atomic E-state index is 0.341. The van der Waals surface area contributed by atoms with Gasteiger partial charge in [-0.3, -0.25) is 4.90 Å². The quantitative estimate of drug-likeness (QED) is 0.744. The van der Waals surface area contributed by atoms with Crippen molar-refractivity contribution in [3.05, 3.63) is 11.6 Å². The van der Waals surface area contributed by atoms with Crippen molar-refractivity contribution >= 4 is 0 Å². The normalized spacial score (nSPS) is 27.6. The Morgan fingerprint density at radius 2 is 2.00 bits per heavy atom. The zero-order chi connectivity index (χ0) is 13.1. The van der Waals surface area contributed by atoms with Gasteiger partial charge in [0.25, 0.3) is 0 Å². The third-order valence-electron chi connectivity index (χ3n) is 3.77. The molecule has 0 aromatic rings. The van der Waals surface area contributed by atoms with Crippen LogP contribution >= 0.6 is 0 Å². The van der Waals surface area contributed by atoms with Crippen LogP contribution in [-0.4, -0.2) is 36.6 Å². The molecule has 2 nitrogen and oxygen atoms in total. The van der Waals surface area contributed by atoms with Crippen LogP contribution in [0.5, 0.6) is 0 Å². The van der Waals surface area contributed by atoms with Gasteiger partial charge in [0.1, 0.15) is 0 Å². The molecule has 0 radical (unpaired) electrons. The summed E-state index contributed by atoms with van der Waals surface area (Å²) in [5.41, 5.74) is 1.76. The summed E-state index contributed by atoms with van der Waals surface area (Å²) in [6.45, 7) is 17.1. The number of hydrogen-bond donors (Lipinski definition) is 1. The standard InChI is InChI=1S/C15H30N2/c1-12(2)8-10-17-11-14(15(4,5)6)16-9-7-13(17)3/h8,13-14,16H,7,9-11H2,1-6H3. The first-order valence-corrected chi connectivity index (χ1v) is 6.91. The van der Waals surface area contributed by atoms with Crippen LogP contribution in [0.25, 0.3) is 0 Å². The number of rotatable bonds is 2. The Bertz CT molecular complexity index is 259. The third kappa shape index (κ3) is 4.81. The van der Waals surface area contributed by atoms with Crippen LogP contribution < -0.4 is 5.32 Å². The second-order valence-corrected chi connectivity index (χ2v) is 6.75. The molecule has 1 aliphatic rings. The summed E-state index contributed by atoms with van der Waals surface area (Å²) in [6, 6.07) is 1.28. The lowest BCUT2D eigenvalue weighted by atomic mass is 9.86. The van der Waals surface area contributed by atoms with E-state index in [1.54, 1.807) is 0 Å². The van der Waals surface area contributed by atoms with E-state index in [1.807, 2.05) is 0 Å². The Kier molecular flexibility index (Phi) is 5.21. The number of hydrogen-bond acceptors (Lipinski definition) is 2. The van der Waals surface area contributed by atoms with Crippen LogP contribution in [-0.2, 0) is 0 Å². The maximum absolute atomic E-state index is 3.71. The smallest absolute Gasteiger partial charge is 0.0243 e. The summed E-state index contributed by atoms with van der Waals surface area (Å²) < 4.78 is 0. The van der Waals surface area contributed by atoms with Gasteiger partial charge in [-0.25, -0.2) is 0 Å². The molecule has 0 saturated carbocycles. The van der Waals surface area contributed by atoms with Gasteiger partial charge in [-0.2, -0.15) is 0 Å². The summed E-state index contributed by atoms with van der Waals surface area (Å²) in [7, 11) is 0. The van der Waals surface area contributed by atoms with E-state index in [-0.39, 0.29) is 0 Å². The van der Waals surface area contributed by atoms with Crippen molar-refractivity contribution in [1.29, 1.82) is 0 Å². The first-order valence-electron chi connectivity index (χ1n) is 6.91. The molecular formula is C15H30N2. The third-order valence-corrected chi connectivity index (χ3v) is 3.77. The number of allylic oxidation sites excluding steroid dienone is 1. The van der Waals surface area contributed by atoms with Crippen LogP contribution in [0.1, 0.15) is 48.0 Å². The van der Waals surface area contributed by atoms with E-state index in [9.17, 15) is 0 Å². The molecule has 2 heteroatoms. The average molecular weight is 238 g/mol. The van der Waals surface area contributed by atoms with Crippen LogP contribution in [0.3, 0.4) is 0 Å². The molecule has 1 fully saturated rings. The SMILES string of the molecule is CC(C)=CCN1CC(C(C)(C)C)NCCC1C. The lowest BCUT2D eigenvalue weighted by Crippen LogP contribution is -2.47. The van der Waals surface area contributed by atoms with Crippen LogP contribution in [0.15, 0.2) is 11.6 Å². The van der Waals surface area contributed by atoms with Crippen molar-refractivity contribution < 1.29 is 0 Å². The molecule has 0 aromatic heterocycles. The first kappa shape index (κ1) is 14.7. The van der Waals surface area contributed by atoms with E-state index in [2.05, 4.69) is 57.8 Å². The van der Waals surface area contributed by atoms with Gasteiger partial charge in [0.05, 0.1) is 0 Å². The summed E-state index contributed by atoms with van der Waals surface area (Å²) in [5, 5.41) is 3.71. The summed E-state index contributed by atoms with van der Waals surface area (Å²) in [5.74, 6) is 0. The van der Waals surface area contributed by atoms with Gasteiger partial charge in [0.15, 0.2) is 0 Å². The molecule has 0 aliphatic carbocycles. The van der Waals surface area contributed by atoms with Gasteiger partial charge >= 0.3 is 0 Å². The molecule has 2 unspecified atom stereocenters. The predicted octanol–water partition coefficient (Wildman–Crippen LogP) is 3.05. The van der Waals surface area contributed by atoms with Crippen LogP contribution in [0.2, 0.25) is 0 Å². The molecular weight excluding hydrogens is 208 g/mol. The van der Waals surface area contributed by atoms with E-state index in [4.69, 9.17) is 0 Å². The van der Waals surface area contributed by atoms with Crippen molar-refractivity contribution in [1.82, 2.24) is 10.2 Å². The maximum Gasteiger partial charge on any atom is 0.0243 e. The molecule has 2 atom stereocenters. The van der Waals surface area contributed by atoms with Crippen LogP contribution in [0.4, 0.5) is 0 Å². The highest BCUT2D eigenvalue weighted by Gasteiger charge is 2.29. The first-order chi connectivity index (χ1) is 7.80. The number of nitrogens with one attached hydrogen (secondary N) is 1. The molecule has 0 spiro atoms. The van der Waals surface area contributed by atoms with E-state index in [0.717, 1.165) is 19.6 Å². The van der Waals surface area contributed by atoms with Gasteiger partial charge < -0.3 is 5.32 Å². The van der Waals surface area contributed by atoms with Crippen molar-refractivity contribution in [2.45, 2.75) is 60.0 Å². The predicted molar refractivity (Wildman–Crippen MR) is 76.3 cm³/mol. The Labute approximate surface area is 107 Å². The van der Waals surface area contributed by atoms with E-state index in [0.29, 0.717) is 17.5 Å². The molecule has 1 rings (SSSR count). The molecule has 0 aromatic carbocycles. The van der Waals surface area contributed by atoms with Gasteiger partial charge in [0.2, 0.25) is 0 Å². The zero-order valence-electron chi connectivity index (χ0n) is 12.5. The average Bonchev–Trinajstić information content (AvgIpc) is 2.36. The summed E-state index contributed by atoms with van der Waals surface area (Å²) >= 11 is 0. The Morgan fingerprint density at radius 1 is 1.35 bits per heavy atom. The second-order valence-electron chi connectivity index (χ2n) is 6.75. The molecule has 1 aliphatic heterocycles.